The maximum absolute atomic E-state index is 9.92. The minimum absolute atomic E-state index is 1.19. The Morgan fingerprint density at radius 3 is 2.11 bits per heavy atom. The highest BCUT2D eigenvalue weighted by Gasteiger charge is 2.23. The van der Waals surface area contributed by atoms with Gasteiger partial charge < -0.3 is 10.2 Å². The summed E-state index contributed by atoms with van der Waals surface area (Å²) in [5.41, 5.74) is 0. The van der Waals surface area contributed by atoms with Crippen LogP contribution in [0.5, 0.6) is 0 Å². The van der Waals surface area contributed by atoms with E-state index in [4.69, 9.17) is 10.2 Å². The van der Waals surface area contributed by atoms with Crippen LogP contribution in [0.4, 0.5) is 0 Å². The number of hydrogen-bond acceptors (Lipinski definition) is 4. The van der Waals surface area contributed by atoms with Crippen LogP contribution in [0.2, 0.25) is 0 Å². The maximum atomic E-state index is 9.92. The van der Waals surface area contributed by atoms with E-state index in [0.29, 0.717) is 0 Å². The summed E-state index contributed by atoms with van der Waals surface area (Å²) in [6, 6.07) is -1.54. The van der Waals surface area contributed by atoms with Crippen molar-refractivity contribution < 1.29 is 15.0 Å². The average Bonchev–Trinajstić information content (AvgIpc) is 1.64. The van der Waals surface area contributed by atoms with E-state index in [2.05, 4.69) is 5.18 Å². The molecule has 9 heavy (non-hydrogen) atoms. The van der Waals surface area contributed by atoms with E-state index in [1.807, 2.05) is 0 Å². The molecule has 0 aliphatic rings. The van der Waals surface area contributed by atoms with Crippen LogP contribution in [0.3, 0.4) is 0 Å². The first kappa shape index (κ1) is 8.03. The molecule has 0 aromatic heterocycles. The molecule has 0 unspecified atom stereocenters. The number of aliphatic carboxylic acids is 1. The van der Waals surface area contributed by atoms with Gasteiger partial charge in [-0.2, -0.15) is 0 Å². The van der Waals surface area contributed by atoms with Gasteiger partial charge in [0.1, 0.15) is 0 Å². The van der Waals surface area contributed by atoms with Crippen molar-refractivity contribution >= 4 is 5.97 Å². The van der Waals surface area contributed by atoms with Crippen LogP contribution < -0.4 is 0 Å². The molecule has 5 nitrogen and oxygen atoms in total. The lowest BCUT2D eigenvalue weighted by Gasteiger charge is -2.04. The van der Waals surface area contributed by atoms with Crippen LogP contribution in [0.1, 0.15) is 6.92 Å². The molecule has 0 aliphatic carbocycles. The molecule has 5 heteroatoms. The number of aliphatic hydroxyl groups is 1. The number of carbonyl (C=O) groups is 1. The van der Waals surface area contributed by atoms with Gasteiger partial charge in [-0.3, -0.25) is 0 Å². The predicted octanol–water partition coefficient (Wildman–Crippen LogP) is -0.413. The predicted molar refractivity (Wildman–Crippen MR) is 28.9 cm³/mol. The van der Waals surface area contributed by atoms with E-state index in [0.717, 1.165) is 0 Å². The average molecular weight is 133 g/mol. The summed E-state index contributed by atoms with van der Waals surface area (Å²) in [6.45, 7) is 1.19. The van der Waals surface area contributed by atoms with E-state index < -0.39 is 18.1 Å². The Hall–Kier alpha value is -0.970. The molecule has 52 valence electrons. The minimum Gasteiger partial charge on any atom is -0.479 e. The third kappa shape index (κ3) is 2.18. The van der Waals surface area contributed by atoms with Crippen LogP contribution in [-0.2, 0) is 4.79 Å². The van der Waals surface area contributed by atoms with E-state index >= 15 is 0 Å². The Morgan fingerprint density at radius 1 is 1.67 bits per heavy atom. The third-order valence-corrected chi connectivity index (χ3v) is 0.824. The standard InChI is InChI=1S/C4H7NO4/c1-2(6)3(5-9)4(7)8/h2-3,6H,1H3,(H,7,8)/t2-,3+/m1/s1. The van der Waals surface area contributed by atoms with Gasteiger partial charge in [-0.25, -0.2) is 4.79 Å². The zero-order valence-corrected chi connectivity index (χ0v) is 4.81. The summed E-state index contributed by atoms with van der Waals surface area (Å²) in [5, 5.41) is 18.8. The Morgan fingerprint density at radius 2 is 2.11 bits per heavy atom. The van der Waals surface area contributed by atoms with Gasteiger partial charge in [-0.05, 0) is 6.92 Å². The Labute approximate surface area is 51.3 Å². The first-order chi connectivity index (χ1) is 4.09. The quantitative estimate of drug-likeness (QED) is 0.512. The Kier molecular flexibility index (Phi) is 2.80. The molecule has 0 heterocycles. The van der Waals surface area contributed by atoms with Crippen molar-refractivity contribution in [2.24, 2.45) is 5.18 Å². The molecule has 0 saturated heterocycles. The number of carboxylic acids is 1. The van der Waals surface area contributed by atoms with Crippen LogP contribution in [0.25, 0.3) is 0 Å². The Bertz CT molecular complexity index is 122. The number of nitroso groups, excluding NO2 is 1. The number of aliphatic hydroxyl groups excluding tert-OH is 1. The topological polar surface area (TPSA) is 87.0 Å². The SMILES string of the molecule is C[C@@H](O)[C@H](N=O)C(=O)O. The summed E-state index contributed by atoms with van der Waals surface area (Å²) in [6.07, 6.45) is -1.22. The molecule has 0 aromatic carbocycles. The molecular formula is C4H7NO4. The largest absolute Gasteiger partial charge is 0.479 e. The molecule has 0 radical (unpaired) electrons. The lowest BCUT2D eigenvalue weighted by atomic mass is 10.2. The molecule has 0 fully saturated rings. The molecule has 0 aromatic rings. The summed E-state index contributed by atoms with van der Waals surface area (Å²) < 4.78 is 0. The summed E-state index contributed by atoms with van der Waals surface area (Å²) in [5.74, 6) is -1.40. The molecule has 2 atom stereocenters. The molecule has 2 N–H and O–H groups in total. The van der Waals surface area contributed by atoms with Crippen LogP contribution in [-0.4, -0.2) is 28.3 Å². The van der Waals surface area contributed by atoms with Crippen molar-refractivity contribution in [3.05, 3.63) is 4.91 Å². The second-order valence-electron chi connectivity index (χ2n) is 1.63. The second kappa shape index (κ2) is 3.13. The first-order valence-electron chi connectivity index (χ1n) is 2.33. The Balaban J connectivity index is 3.98. The van der Waals surface area contributed by atoms with Crippen molar-refractivity contribution in [2.75, 3.05) is 0 Å². The molecule has 0 spiro atoms. The van der Waals surface area contributed by atoms with Gasteiger partial charge in [0, 0.05) is 0 Å². The van der Waals surface area contributed by atoms with E-state index in [1.165, 1.54) is 6.92 Å². The fourth-order valence-electron chi connectivity index (χ4n) is 0.340. The maximum Gasteiger partial charge on any atom is 0.334 e. The van der Waals surface area contributed by atoms with Crippen LogP contribution >= 0.6 is 0 Å². The van der Waals surface area contributed by atoms with Gasteiger partial charge >= 0.3 is 5.97 Å². The fraction of sp³-hybridized carbons (Fsp3) is 0.750. The van der Waals surface area contributed by atoms with Gasteiger partial charge in [0.25, 0.3) is 0 Å². The monoisotopic (exact) mass is 133 g/mol. The van der Waals surface area contributed by atoms with E-state index in [1.54, 1.807) is 0 Å². The van der Waals surface area contributed by atoms with Crippen molar-refractivity contribution in [1.29, 1.82) is 0 Å². The molecule has 0 rings (SSSR count). The zero-order chi connectivity index (χ0) is 7.44. The molecule has 0 saturated carbocycles. The van der Waals surface area contributed by atoms with Gasteiger partial charge in [0.15, 0.2) is 0 Å². The lowest BCUT2D eigenvalue weighted by Crippen LogP contribution is -2.29. The number of carboxylic acid groups (broad SMARTS) is 1. The zero-order valence-electron chi connectivity index (χ0n) is 4.81. The van der Waals surface area contributed by atoms with Crippen molar-refractivity contribution in [2.45, 2.75) is 19.1 Å². The number of rotatable bonds is 3. The highest BCUT2D eigenvalue weighted by Crippen LogP contribution is 1.96. The second-order valence-corrected chi connectivity index (χ2v) is 1.63. The highest BCUT2D eigenvalue weighted by molar-refractivity contribution is 5.74. The summed E-state index contributed by atoms with van der Waals surface area (Å²) in [7, 11) is 0. The first-order valence-corrected chi connectivity index (χ1v) is 2.33. The minimum atomic E-state index is -1.54. The van der Waals surface area contributed by atoms with Crippen molar-refractivity contribution in [1.82, 2.24) is 0 Å². The van der Waals surface area contributed by atoms with Crippen molar-refractivity contribution in [3.8, 4) is 0 Å². The van der Waals surface area contributed by atoms with E-state index in [-0.39, 0.29) is 0 Å². The van der Waals surface area contributed by atoms with Gasteiger partial charge in [0.05, 0.1) is 6.10 Å². The summed E-state index contributed by atoms with van der Waals surface area (Å²) in [4.78, 5) is 19.5. The molecule has 0 aliphatic heterocycles. The van der Waals surface area contributed by atoms with Gasteiger partial charge in [-0.1, -0.05) is 5.18 Å². The third-order valence-electron chi connectivity index (χ3n) is 0.824. The molecular weight excluding hydrogens is 126 g/mol. The van der Waals surface area contributed by atoms with Crippen molar-refractivity contribution in [3.63, 3.8) is 0 Å². The molecule has 0 amide bonds. The van der Waals surface area contributed by atoms with Crippen LogP contribution in [0.15, 0.2) is 5.18 Å². The lowest BCUT2D eigenvalue weighted by molar-refractivity contribution is -0.140. The number of hydrogen-bond donors (Lipinski definition) is 2. The normalized spacial score (nSPS) is 16.2. The number of nitrogens with zero attached hydrogens (tertiary/aromatic N) is 1. The van der Waals surface area contributed by atoms with Gasteiger partial charge in [0.2, 0.25) is 6.04 Å². The fourth-order valence-corrected chi connectivity index (χ4v) is 0.340. The molecule has 0 bridgehead atoms. The van der Waals surface area contributed by atoms with Gasteiger partial charge in [-0.15, -0.1) is 4.91 Å². The highest BCUT2D eigenvalue weighted by atomic mass is 16.4. The van der Waals surface area contributed by atoms with Crippen LogP contribution in [0, 0.1) is 4.91 Å². The smallest absolute Gasteiger partial charge is 0.334 e. The van der Waals surface area contributed by atoms with E-state index in [9.17, 15) is 9.70 Å². The summed E-state index contributed by atoms with van der Waals surface area (Å²) >= 11 is 0.